The van der Waals surface area contributed by atoms with E-state index in [0.717, 1.165) is 25.7 Å². The lowest BCUT2D eigenvalue weighted by atomic mass is 9.95. The van der Waals surface area contributed by atoms with Gasteiger partial charge in [-0.3, -0.25) is 14.9 Å². The topological polar surface area (TPSA) is 70.2 Å². The van der Waals surface area contributed by atoms with Gasteiger partial charge in [0.05, 0.1) is 21.2 Å². The molecule has 2 aromatic rings. The van der Waals surface area contributed by atoms with Crippen LogP contribution in [0.1, 0.15) is 52.8 Å². The van der Waals surface area contributed by atoms with Crippen LogP contribution in [0.25, 0.3) is 0 Å². The van der Waals surface area contributed by atoms with Crippen molar-refractivity contribution in [2.24, 2.45) is 0 Å². The fourth-order valence-electron chi connectivity index (χ4n) is 3.27. The second-order valence-electron chi connectivity index (χ2n) is 6.89. The molecule has 152 valence electrons. The van der Waals surface area contributed by atoms with Crippen molar-refractivity contribution in [2.75, 3.05) is 5.32 Å². The van der Waals surface area contributed by atoms with E-state index >= 15 is 0 Å². The van der Waals surface area contributed by atoms with E-state index in [-0.39, 0.29) is 17.1 Å². The first-order valence-corrected chi connectivity index (χ1v) is 10.6. The maximum Gasteiger partial charge on any atom is 0.258 e. The Bertz CT molecular complexity index is 930. The number of amides is 2. The zero-order valence-electron chi connectivity index (χ0n) is 15.6. The predicted molar refractivity (Wildman–Crippen MR) is 121 cm³/mol. The molecular weight excluding hydrogens is 429 g/mol. The molecule has 8 heteroatoms. The first-order valence-electron chi connectivity index (χ1n) is 9.41. The van der Waals surface area contributed by atoms with E-state index in [1.165, 1.54) is 6.42 Å². The smallest absolute Gasteiger partial charge is 0.258 e. The lowest BCUT2D eigenvalue weighted by molar-refractivity contribution is 0.0926. The van der Waals surface area contributed by atoms with E-state index in [2.05, 4.69) is 16.0 Å². The molecular formula is C21H21Cl2N3O2S. The van der Waals surface area contributed by atoms with Gasteiger partial charge in [-0.25, -0.2) is 0 Å². The Kier molecular flexibility index (Phi) is 7.47. The molecule has 2 aromatic carbocycles. The molecule has 3 N–H and O–H groups in total. The quantitative estimate of drug-likeness (QED) is 0.562. The van der Waals surface area contributed by atoms with Gasteiger partial charge in [0.15, 0.2) is 5.11 Å². The van der Waals surface area contributed by atoms with E-state index in [0.29, 0.717) is 26.9 Å². The number of rotatable bonds is 4. The normalized spacial score (nSPS) is 14.1. The summed E-state index contributed by atoms with van der Waals surface area (Å²) in [5, 5.41) is 9.32. The minimum absolute atomic E-state index is 0.0934. The number of thiocarbonyl (C=S) groups is 1. The molecule has 1 aliphatic carbocycles. The summed E-state index contributed by atoms with van der Waals surface area (Å²) in [5.74, 6) is -0.631. The van der Waals surface area contributed by atoms with Gasteiger partial charge in [0, 0.05) is 11.7 Å². The van der Waals surface area contributed by atoms with Crippen LogP contribution >= 0.6 is 35.4 Å². The third-order valence-electron chi connectivity index (χ3n) is 4.75. The molecule has 0 aromatic heterocycles. The lowest BCUT2D eigenvalue weighted by Gasteiger charge is -2.23. The van der Waals surface area contributed by atoms with Gasteiger partial charge in [-0.15, -0.1) is 0 Å². The monoisotopic (exact) mass is 449 g/mol. The Balaban J connectivity index is 1.64. The SMILES string of the molecule is O=C(NC(=S)Nc1ccc(Cl)c(C(=O)NC2CCCCC2)c1)c1ccccc1Cl. The van der Waals surface area contributed by atoms with Crippen molar-refractivity contribution in [3.63, 3.8) is 0 Å². The van der Waals surface area contributed by atoms with Crippen LogP contribution in [-0.4, -0.2) is 23.0 Å². The van der Waals surface area contributed by atoms with E-state index in [4.69, 9.17) is 35.4 Å². The molecule has 0 unspecified atom stereocenters. The third-order valence-corrected chi connectivity index (χ3v) is 5.62. The average molecular weight is 450 g/mol. The summed E-state index contributed by atoms with van der Waals surface area (Å²) in [4.78, 5) is 24.9. The fourth-order valence-corrected chi connectivity index (χ4v) is 3.90. The molecule has 0 spiro atoms. The molecule has 0 bridgehead atoms. The predicted octanol–water partition coefficient (Wildman–Crippen LogP) is 5.18. The number of hydrogen-bond donors (Lipinski definition) is 3. The van der Waals surface area contributed by atoms with Gasteiger partial charge in [0.25, 0.3) is 11.8 Å². The standard InChI is InChI=1S/C21H21Cl2N3O2S/c22-17-9-5-4-8-15(17)19(27)26-21(29)25-14-10-11-18(23)16(12-14)20(28)24-13-6-2-1-3-7-13/h4-5,8-13H,1-3,6-7H2,(H,24,28)(H2,25,26,27,29). The van der Waals surface area contributed by atoms with Crippen LogP contribution < -0.4 is 16.0 Å². The molecule has 0 heterocycles. The minimum atomic E-state index is -0.419. The van der Waals surface area contributed by atoms with Gasteiger partial charge in [-0.05, 0) is 55.4 Å². The molecule has 5 nitrogen and oxygen atoms in total. The van der Waals surface area contributed by atoms with Crippen molar-refractivity contribution in [1.29, 1.82) is 0 Å². The van der Waals surface area contributed by atoms with Crippen molar-refractivity contribution in [3.05, 3.63) is 63.6 Å². The Morgan fingerprint density at radius 1 is 0.897 bits per heavy atom. The third kappa shape index (κ3) is 5.92. The zero-order valence-corrected chi connectivity index (χ0v) is 18.0. The molecule has 0 atom stereocenters. The maximum atomic E-state index is 12.6. The summed E-state index contributed by atoms with van der Waals surface area (Å²) in [6, 6.07) is 11.8. The first kappa shape index (κ1) is 21.6. The van der Waals surface area contributed by atoms with Crippen LogP contribution in [0, 0.1) is 0 Å². The van der Waals surface area contributed by atoms with Crippen LogP contribution in [-0.2, 0) is 0 Å². The minimum Gasteiger partial charge on any atom is -0.349 e. The first-order chi connectivity index (χ1) is 13.9. The lowest BCUT2D eigenvalue weighted by Crippen LogP contribution is -2.36. The van der Waals surface area contributed by atoms with E-state index in [1.54, 1.807) is 42.5 Å². The van der Waals surface area contributed by atoms with E-state index in [9.17, 15) is 9.59 Å². The summed E-state index contributed by atoms with van der Waals surface area (Å²) < 4.78 is 0. The van der Waals surface area contributed by atoms with Gasteiger partial charge in [0.1, 0.15) is 0 Å². The van der Waals surface area contributed by atoms with Crippen molar-refractivity contribution >= 4 is 58.0 Å². The molecule has 1 aliphatic rings. The van der Waals surface area contributed by atoms with Gasteiger partial charge in [-0.2, -0.15) is 0 Å². The molecule has 0 aliphatic heterocycles. The Morgan fingerprint density at radius 2 is 1.59 bits per heavy atom. The van der Waals surface area contributed by atoms with Gasteiger partial charge >= 0.3 is 0 Å². The zero-order chi connectivity index (χ0) is 20.8. The van der Waals surface area contributed by atoms with Crippen LogP contribution in [0.15, 0.2) is 42.5 Å². The van der Waals surface area contributed by atoms with Crippen molar-refractivity contribution in [1.82, 2.24) is 10.6 Å². The summed E-state index contributed by atoms with van der Waals surface area (Å²) in [6.07, 6.45) is 5.43. The van der Waals surface area contributed by atoms with Crippen LogP contribution in [0.4, 0.5) is 5.69 Å². The number of carbonyl (C=O) groups excluding carboxylic acids is 2. The molecule has 2 amide bonds. The molecule has 1 saturated carbocycles. The van der Waals surface area contributed by atoms with Gasteiger partial charge in [0.2, 0.25) is 0 Å². The highest BCUT2D eigenvalue weighted by atomic mass is 35.5. The molecule has 0 saturated heterocycles. The van der Waals surface area contributed by atoms with Crippen molar-refractivity contribution < 1.29 is 9.59 Å². The summed E-state index contributed by atoms with van der Waals surface area (Å²) >= 11 is 17.5. The van der Waals surface area contributed by atoms with Crippen LogP contribution in [0.5, 0.6) is 0 Å². The average Bonchev–Trinajstić information content (AvgIpc) is 2.70. The van der Waals surface area contributed by atoms with Crippen LogP contribution in [0.3, 0.4) is 0 Å². The summed E-state index contributed by atoms with van der Waals surface area (Å²) in [5.41, 5.74) is 1.23. The van der Waals surface area contributed by atoms with Crippen molar-refractivity contribution in [3.8, 4) is 0 Å². The van der Waals surface area contributed by atoms with Crippen molar-refractivity contribution in [2.45, 2.75) is 38.1 Å². The molecule has 29 heavy (non-hydrogen) atoms. The molecule has 3 rings (SSSR count). The number of anilines is 1. The fraction of sp³-hybridized carbons (Fsp3) is 0.286. The highest BCUT2D eigenvalue weighted by molar-refractivity contribution is 7.80. The Labute approximate surface area is 185 Å². The second-order valence-corrected chi connectivity index (χ2v) is 8.11. The summed E-state index contributed by atoms with van der Waals surface area (Å²) in [6.45, 7) is 0. The number of benzene rings is 2. The summed E-state index contributed by atoms with van der Waals surface area (Å²) in [7, 11) is 0. The Hall–Kier alpha value is -2.15. The Morgan fingerprint density at radius 3 is 2.31 bits per heavy atom. The number of halogens is 2. The van der Waals surface area contributed by atoms with E-state index < -0.39 is 5.91 Å². The van der Waals surface area contributed by atoms with Gasteiger partial charge in [-0.1, -0.05) is 54.6 Å². The molecule has 1 fully saturated rings. The number of nitrogens with one attached hydrogen (secondary N) is 3. The number of carbonyl (C=O) groups is 2. The van der Waals surface area contributed by atoms with Gasteiger partial charge < -0.3 is 10.6 Å². The van der Waals surface area contributed by atoms with Crippen LogP contribution in [0.2, 0.25) is 10.0 Å². The largest absolute Gasteiger partial charge is 0.349 e. The second kappa shape index (κ2) is 10.1. The maximum absolute atomic E-state index is 12.6. The highest BCUT2D eigenvalue weighted by Crippen LogP contribution is 2.23. The molecule has 0 radical (unpaired) electrons. The highest BCUT2D eigenvalue weighted by Gasteiger charge is 2.19. The number of hydrogen-bond acceptors (Lipinski definition) is 3. The van der Waals surface area contributed by atoms with E-state index in [1.807, 2.05) is 0 Å².